The molecule has 0 bridgehead atoms. The van der Waals surface area contributed by atoms with E-state index in [0.717, 1.165) is 48.7 Å². The lowest BCUT2D eigenvalue weighted by atomic mass is 10.1. The number of para-hydroxylation sites is 1. The van der Waals surface area contributed by atoms with Gasteiger partial charge >= 0.3 is 5.76 Å². The predicted octanol–water partition coefficient (Wildman–Crippen LogP) is 2.34. The fourth-order valence-corrected chi connectivity index (χ4v) is 4.16. The number of carbonyl (C=O) groups is 1. The first-order valence-corrected chi connectivity index (χ1v) is 10.9. The van der Waals surface area contributed by atoms with E-state index in [-0.39, 0.29) is 5.91 Å². The molecule has 0 saturated carbocycles. The zero-order chi connectivity index (χ0) is 20.9. The second-order valence-corrected chi connectivity index (χ2v) is 8.19. The monoisotopic (exact) mass is 427 g/mol. The molecule has 9 heteroatoms. The maximum atomic E-state index is 12.4. The summed E-state index contributed by atoms with van der Waals surface area (Å²) in [5, 5.41) is 9.25. The molecular formula is C21H25N5O3S. The molecule has 0 unspecified atom stereocenters. The van der Waals surface area contributed by atoms with Crippen LogP contribution in [0.25, 0.3) is 10.8 Å². The Bertz CT molecular complexity index is 1040. The third kappa shape index (κ3) is 4.86. The molecule has 1 saturated heterocycles. The van der Waals surface area contributed by atoms with E-state index >= 15 is 0 Å². The molecule has 0 aliphatic carbocycles. The number of piperazine rings is 1. The Morgan fingerprint density at radius 2 is 1.90 bits per heavy atom. The Labute approximate surface area is 178 Å². The molecule has 0 atom stereocenters. The average Bonchev–Trinajstić information content (AvgIpc) is 3.40. The number of hydrogen-bond donors (Lipinski definition) is 1. The van der Waals surface area contributed by atoms with Crippen molar-refractivity contribution in [1.29, 1.82) is 0 Å². The van der Waals surface area contributed by atoms with Crippen molar-refractivity contribution in [2.45, 2.75) is 20.0 Å². The van der Waals surface area contributed by atoms with Gasteiger partial charge < -0.3 is 9.73 Å². The van der Waals surface area contributed by atoms with Gasteiger partial charge in [-0.3, -0.25) is 14.6 Å². The molecule has 0 spiro atoms. The lowest BCUT2D eigenvalue weighted by molar-refractivity contribution is -0.117. The van der Waals surface area contributed by atoms with Gasteiger partial charge in [0.15, 0.2) is 0 Å². The molecule has 1 fully saturated rings. The molecule has 2 aromatic heterocycles. The molecule has 1 amide bonds. The van der Waals surface area contributed by atoms with Crippen LogP contribution in [0.15, 0.2) is 51.0 Å². The highest BCUT2D eigenvalue weighted by Crippen LogP contribution is 2.21. The average molecular weight is 428 g/mol. The summed E-state index contributed by atoms with van der Waals surface area (Å²) in [6, 6.07) is 11.7. The van der Waals surface area contributed by atoms with Gasteiger partial charge in [0.25, 0.3) is 5.89 Å². The first-order valence-electron chi connectivity index (χ1n) is 10.1. The number of anilines is 1. The van der Waals surface area contributed by atoms with Crippen molar-refractivity contribution in [3.63, 3.8) is 0 Å². The Balaban J connectivity index is 1.27. The number of hydrogen-bond acceptors (Lipinski definition) is 7. The topological polar surface area (TPSA) is 83.6 Å². The number of rotatable bonds is 7. The van der Waals surface area contributed by atoms with Gasteiger partial charge in [0, 0.05) is 31.9 Å². The van der Waals surface area contributed by atoms with Gasteiger partial charge in [-0.15, -0.1) is 16.4 Å². The van der Waals surface area contributed by atoms with Crippen LogP contribution in [0.1, 0.15) is 12.5 Å². The molecule has 1 aromatic carbocycles. The van der Waals surface area contributed by atoms with Crippen LogP contribution in [0.4, 0.5) is 5.69 Å². The molecule has 1 N–H and O–H groups in total. The summed E-state index contributed by atoms with van der Waals surface area (Å²) >= 11 is 1.49. The Morgan fingerprint density at radius 1 is 1.13 bits per heavy atom. The van der Waals surface area contributed by atoms with Crippen LogP contribution in [-0.2, 0) is 17.9 Å². The van der Waals surface area contributed by atoms with Gasteiger partial charge in [-0.2, -0.15) is 4.68 Å². The molecule has 1 aliphatic heterocycles. The number of thiophene rings is 1. The lowest BCUT2D eigenvalue weighted by Crippen LogP contribution is -2.49. The zero-order valence-corrected chi connectivity index (χ0v) is 17.7. The first-order chi connectivity index (χ1) is 14.6. The number of nitrogens with one attached hydrogen (secondary N) is 1. The summed E-state index contributed by atoms with van der Waals surface area (Å²) in [7, 11) is 0. The molecule has 0 radical (unpaired) electrons. The van der Waals surface area contributed by atoms with Gasteiger partial charge in [-0.1, -0.05) is 31.2 Å². The molecule has 158 valence electrons. The standard InChI is InChI=1S/C21H25N5O3S/c1-2-16-6-3-4-7-17(16)22-19(27)14-24-9-11-25(12-10-24)15-26-21(28)29-20(23-26)18-8-5-13-30-18/h3-8,13H,2,9-12,14-15H2,1H3,(H,22,27). The number of aromatic nitrogens is 2. The summed E-state index contributed by atoms with van der Waals surface area (Å²) in [5.41, 5.74) is 2.02. The molecule has 3 aromatic rings. The maximum absolute atomic E-state index is 12.4. The summed E-state index contributed by atoms with van der Waals surface area (Å²) in [4.78, 5) is 29.7. The van der Waals surface area contributed by atoms with Gasteiger partial charge in [0.2, 0.25) is 5.91 Å². The van der Waals surface area contributed by atoms with Crippen molar-refractivity contribution >= 4 is 22.9 Å². The Morgan fingerprint density at radius 3 is 2.63 bits per heavy atom. The largest absolute Gasteiger partial charge is 0.438 e. The van der Waals surface area contributed by atoms with Crippen LogP contribution in [0.3, 0.4) is 0 Å². The van der Waals surface area contributed by atoms with E-state index in [1.165, 1.54) is 16.0 Å². The van der Waals surface area contributed by atoms with Crippen LogP contribution in [0.5, 0.6) is 0 Å². The van der Waals surface area contributed by atoms with Crippen molar-refractivity contribution in [1.82, 2.24) is 19.6 Å². The van der Waals surface area contributed by atoms with Crippen molar-refractivity contribution in [3.05, 3.63) is 57.9 Å². The van der Waals surface area contributed by atoms with Crippen LogP contribution in [0.2, 0.25) is 0 Å². The van der Waals surface area contributed by atoms with Crippen molar-refractivity contribution in [3.8, 4) is 10.8 Å². The highest BCUT2D eigenvalue weighted by Gasteiger charge is 2.21. The molecule has 1 aliphatic rings. The molecule has 8 nitrogen and oxygen atoms in total. The van der Waals surface area contributed by atoms with E-state index in [4.69, 9.17) is 4.42 Å². The molecular weight excluding hydrogens is 402 g/mol. The van der Waals surface area contributed by atoms with E-state index in [1.807, 2.05) is 41.8 Å². The van der Waals surface area contributed by atoms with E-state index in [2.05, 4.69) is 27.1 Å². The van der Waals surface area contributed by atoms with Gasteiger partial charge in [0.05, 0.1) is 11.4 Å². The molecule has 30 heavy (non-hydrogen) atoms. The molecule has 3 heterocycles. The number of benzene rings is 1. The Kier molecular flexibility index (Phi) is 6.41. The van der Waals surface area contributed by atoms with E-state index in [9.17, 15) is 9.59 Å². The summed E-state index contributed by atoms with van der Waals surface area (Å²) in [6.07, 6.45) is 0.880. The fraction of sp³-hybridized carbons (Fsp3) is 0.381. The number of aryl methyl sites for hydroxylation is 1. The maximum Gasteiger partial charge on any atom is 0.438 e. The van der Waals surface area contributed by atoms with E-state index in [0.29, 0.717) is 19.1 Å². The smallest absolute Gasteiger partial charge is 0.387 e. The van der Waals surface area contributed by atoms with Crippen LogP contribution < -0.4 is 11.1 Å². The highest BCUT2D eigenvalue weighted by atomic mass is 32.1. The predicted molar refractivity (Wildman–Crippen MR) is 117 cm³/mol. The minimum absolute atomic E-state index is 0.00217. The minimum atomic E-state index is -0.449. The third-order valence-electron chi connectivity index (χ3n) is 5.18. The highest BCUT2D eigenvalue weighted by molar-refractivity contribution is 7.13. The minimum Gasteiger partial charge on any atom is -0.387 e. The second kappa shape index (κ2) is 9.38. The first kappa shape index (κ1) is 20.5. The van der Waals surface area contributed by atoms with E-state index in [1.54, 1.807) is 0 Å². The number of nitrogens with zero attached hydrogens (tertiary/aromatic N) is 4. The van der Waals surface area contributed by atoms with Gasteiger partial charge in [0.1, 0.15) is 6.67 Å². The quantitative estimate of drug-likeness (QED) is 0.623. The van der Waals surface area contributed by atoms with Crippen molar-refractivity contribution < 1.29 is 9.21 Å². The Hall–Kier alpha value is -2.75. The van der Waals surface area contributed by atoms with Crippen LogP contribution >= 0.6 is 11.3 Å². The summed E-state index contributed by atoms with van der Waals surface area (Å²) in [5.74, 6) is -0.0925. The van der Waals surface area contributed by atoms with Gasteiger partial charge in [-0.05, 0) is 29.5 Å². The van der Waals surface area contributed by atoms with Gasteiger partial charge in [-0.25, -0.2) is 4.79 Å². The van der Waals surface area contributed by atoms with Crippen molar-refractivity contribution in [2.24, 2.45) is 0 Å². The van der Waals surface area contributed by atoms with Crippen molar-refractivity contribution in [2.75, 3.05) is 38.0 Å². The third-order valence-corrected chi connectivity index (χ3v) is 6.03. The lowest BCUT2D eigenvalue weighted by Gasteiger charge is -2.33. The van der Waals surface area contributed by atoms with Crippen LogP contribution in [0, 0.1) is 0 Å². The number of amides is 1. The summed E-state index contributed by atoms with van der Waals surface area (Å²) < 4.78 is 6.63. The fourth-order valence-electron chi connectivity index (χ4n) is 3.52. The summed E-state index contributed by atoms with van der Waals surface area (Å²) in [6.45, 7) is 5.85. The second-order valence-electron chi connectivity index (χ2n) is 7.24. The van der Waals surface area contributed by atoms with Crippen LogP contribution in [-0.4, -0.2) is 58.2 Å². The molecule has 4 rings (SSSR count). The normalized spacial score (nSPS) is 15.4. The number of carbonyl (C=O) groups excluding carboxylic acids is 1. The van der Waals surface area contributed by atoms with E-state index < -0.39 is 5.76 Å². The zero-order valence-electron chi connectivity index (χ0n) is 16.9. The SMILES string of the molecule is CCc1ccccc1NC(=O)CN1CCN(Cn2nc(-c3cccs3)oc2=O)CC1.